The topological polar surface area (TPSA) is 23.8 Å². The molecule has 1 nitrogen and oxygen atoms in total. The summed E-state index contributed by atoms with van der Waals surface area (Å²) >= 11 is 0. The van der Waals surface area contributed by atoms with Gasteiger partial charge in [-0.05, 0) is 6.40 Å². The first-order valence-corrected chi connectivity index (χ1v) is 2.05. The first-order valence-electron chi connectivity index (χ1n) is 5.13. The number of hydrogen-bond acceptors (Lipinski definition) is 1. The third-order valence-corrected chi connectivity index (χ3v) is 0.669. The smallest absolute Gasteiger partial charge is 0.0700 e. The van der Waals surface area contributed by atoms with Crippen LogP contribution in [0.15, 0.2) is 24.2 Å². The second-order valence-corrected chi connectivity index (χ2v) is 1.19. The third kappa shape index (κ3) is 0.974. The lowest BCUT2D eigenvalue weighted by molar-refractivity contribution is 0.838. The zero-order chi connectivity index (χ0) is 11.1. The fourth-order valence-electron chi connectivity index (χ4n) is 0.339. The number of nitriles is 1. The average Bonchev–Trinajstić information content (AvgIpc) is 2.21. The molecular formula is C7H7N. The predicted molar refractivity (Wildman–Crippen MR) is 32.0 cm³/mol. The molecule has 0 fully saturated rings. The second-order valence-electron chi connectivity index (χ2n) is 1.19. The molecule has 1 aliphatic rings. The Kier molecular flexibility index (Phi) is 0.429. The molecule has 0 N–H and O–H groups in total. The number of nitrogens with zero attached hydrogens (tertiary/aromatic N) is 1. The van der Waals surface area contributed by atoms with Gasteiger partial charge in [-0.3, -0.25) is 0 Å². The summed E-state index contributed by atoms with van der Waals surface area (Å²) < 4.78 is 43.9. The maximum Gasteiger partial charge on any atom is 0.0700 e. The minimum Gasteiger partial charge on any atom is -0.198 e. The van der Waals surface area contributed by atoms with Crippen molar-refractivity contribution in [2.75, 3.05) is 0 Å². The highest BCUT2D eigenvalue weighted by Gasteiger charge is 1.99. The largest absolute Gasteiger partial charge is 0.198 e. The van der Waals surface area contributed by atoms with Gasteiger partial charge in [0.05, 0.1) is 18.8 Å². The van der Waals surface area contributed by atoms with Gasteiger partial charge in [-0.1, -0.05) is 24.2 Å². The summed E-state index contributed by atoms with van der Waals surface area (Å²) in [5.74, 6) is -2.22. The maximum atomic E-state index is 8.65. The van der Waals surface area contributed by atoms with Crippen LogP contribution in [-0.2, 0) is 0 Å². The van der Waals surface area contributed by atoms with Crippen molar-refractivity contribution >= 4 is 0 Å². The lowest BCUT2D eigenvalue weighted by Gasteiger charge is -1.99. The molecule has 2 unspecified atom stereocenters. The van der Waals surface area contributed by atoms with Crippen molar-refractivity contribution in [1.29, 1.82) is 5.26 Å². The van der Waals surface area contributed by atoms with Gasteiger partial charge in [-0.25, -0.2) is 0 Å². The van der Waals surface area contributed by atoms with Crippen LogP contribution >= 0.6 is 0 Å². The zero-order valence-electron chi connectivity index (χ0n) is 10.0. The minimum absolute atomic E-state index is 0.548. The first-order chi connectivity index (χ1) is 6.36. The normalized spacial score (nSPS) is 59.1. The maximum absolute atomic E-state index is 8.65. The van der Waals surface area contributed by atoms with Gasteiger partial charge < -0.3 is 0 Å². The Balaban J connectivity index is 3.43. The van der Waals surface area contributed by atoms with Crippen LogP contribution in [0.2, 0.25) is 0 Å². The summed E-state index contributed by atoms with van der Waals surface area (Å²) in [6, 6.07) is -0.959. The summed E-state index contributed by atoms with van der Waals surface area (Å²) in [6.45, 7) is 0. The molecule has 0 aromatic heterocycles. The Labute approximate surface area is 57.4 Å². The second kappa shape index (κ2) is 2.32. The molecule has 40 valence electrons. The molecule has 0 aliphatic heterocycles. The van der Waals surface area contributed by atoms with Crippen molar-refractivity contribution in [1.82, 2.24) is 0 Å². The van der Waals surface area contributed by atoms with E-state index >= 15 is 0 Å². The van der Waals surface area contributed by atoms with E-state index < -0.39 is 36.5 Å². The van der Waals surface area contributed by atoms with Crippen molar-refractivity contribution in [2.45, 2.75) is 6.40 Å². The molecule has 0 saturated heterocycles. The van der Waals surface area contributed by atoms with Crippen LogP contribution in [0.1, 0.15) is 14.6 Å². The highest BCUT2D eigenvalue weighted by molar-refractivity contribution is 5.15. The molecule has 2 atom stereocenters. The average molecular weight is 111 g/mol. The van der Waals surface area contributed by atoms with Crippen LogP contribution in [0.3, 0.4) is 0 Å². The lowest BCUT2D eigenvalue weighted by atomic mass is 10.0. The Hall–Kier alpha value is -1.03. The molecule has 0 aromatic rings. The van der Waals surface area contributed by atoms with E-state index in [1.807, 2.05) is 0 Å². The van der Waals surface area contributed by atoms with E-state index in [0.717, 1.165) is 0 Å². The molecule has 0 radical (unpaired) electrons. The van der Waals surface area contributed by atoms with Gasteiger partial charge in [0.1, 0.15) is 0 Å². The summed E-state index contributed by atoms with van der Waals surface area (Å²) in [7, 11) is 0. The summed E-state index contributed by atoms with van der Waals surface area (Å²) in [5, 5.41) is 8.65. The van der Waals surface area contributed by atoms with Gasteiger partial charge >= 0.3 is 0 Å². The van der Waals surface area contributed by atoms with Crippen LogP contribution in [0.5, 0.6) is 0 Å². The lowest BCUT2D eigenvalue weighted by Crippen LogP contribution is -1.90. The minimum atomic E-state index is -2.22. The van der Waals surface area contributed by atoms with Crippen molar-refractivity contribution in [3.63, 3.8) is 0 Å². The van der Waals surface area contributed by atoms with E-state index in [9.17, 15) is 0 Å². The summed E-state index contributed by atoms with van der Waals surface area (Å²) in [4.78, 5) is 0. The third-order valence-electron chi connectivity index (χ3n) is 0.669. The van der Waals surface area contributed by atoms with E-state index in [2.05, 4.69) is 0 Å². The van der Waals surface area contributed by atoms with E-state index in [-0.39, 0.29) is 0 Å². The van der Waals surface area contributed by atoms with Crippen LogP contribution < -0.4 is 0 Å². The van der Waals surface area contributed by atoms with Gasteiger partial charge in [0.15, 0.2) is 0 Å². The molecule has 0 bridgehead atoms. The Morgan fingerprint density at radius 2 is 2.88 bits per heavy atom. The summed E-state index contributed by atoms with van der Waals surface area (Å²) in [6.07, 6.45) is -1.58. The highest BCUT2D eigenvalue weighted by atomic mass is 14.3. The predicted octanol–water partition coefficient (Wildman–Crippen LogP) is 1.64. The van der Waals surface area contributed by atoms with Gasteiger partial charge in [0.2, 0.25) is 0 Å². The molecule has 0 saturated carbocycles. The van der Waals surface area contributed by atoms with E-state index in [1.54, 1.807) is 0 Å². The van der Waals surface area contributed by atoms with E-state index in [0.29, 0.717) is 0 Å². The van der Waals surface area contributed by atoms with E-state index in [4.69, 9.17) is 13.5 Å². The number of rotatable bonds is 0. The van der Waals surface area contributed by atoms with Crippen molar-refractivity contribution in [2.24, 2.45) is 5.89 Å². The van der Waals surface area contributed by atoms with E-state index in [1.165, 1.54) is 6.07 Å². The Bertz CT molecular complexity index is 378. The molecule has 0 heterocycles. The molecule has 0 aromatic carbocycles. The van der Waals surface area contributed by atoms with Crippen molar-refractivity contribution in [3.05, 3.63) is 24.2 Å². The van der Waals surface area contributed by atoms with Crippen LogP contribution in [0.4, 0.5) is 0 Å². The molecule has 0 amide bonds. The molecule has 8 heavy (non-hydrogen) atoms. The number of hydrogen-bond donors (Lipinski definition) is 0. The van der Waals surface area contributed by atoms with Crippen LogP contribution in [0, 0.1) is 17.2 Å². The Morgan fingerprint density at radius 1 is 2.00 bits per heavy atom. The van der Waals surface area contributed by atoms with Crippen molar-refractivity contribution in [3.8, 4) is 6.07 Å². The van der Waals surface area contributed by atoms with Gasteiger partial charge in [-0.2, -0.15) is 5.26 Å². The SMILES string of the molecule is [2H]C1=C([2H])C([2H])C([2H])(C#N)C([2H])=C1[2H]. The highest BCUT2D eigenvalue weighted by Crippen LogP contribution is 2.08. The fourth-order valence-corrected chi connectivity index (χ4v) is 0.339. The van der Waals surface area contributed by atoms with Crippen LogP contribution in [0.25, 0.3) is 0 Å². The molecule has 0 spiro atoms. The first kappa shape index (κ1) is 1.48. The number of allylic oxidation sites excluding steroid dienone is 4. The summed E-state index contributed by atoms with van der Waals surface area (Å²) in [5.41, 5.74) is 0. The standard InChI is InChI=1S/C7H7N/c8-6-7-4-2-1-3-5-7/h1-4,7H,5H2/i1D,2D,3D,4D,5D,7D. The molecular weight excluding hydrogens is 98.1 g/mol. The molecule has 1 aliphatic carbocycles. The van der Waals surface area contributed by atoms with Gasteiger partial charge in [-0.15, -0.1) is 0 Å². The quantitative estimate of drug-likeness (QED) is 0.466. The Morgan fingerprint density at radius 3 is 3.62 bits per heavy atom. The zero-order valence-corrected chi connectivity index (χ0v) is 4.02. The molecule has 1 rings (SSSR count). The fraction of sp³-hybridized carbons (Fsp3) is 0.286. The van der Waals surface area contributed by atoms with Gasteiger partial charge in [0.25, 0.3) is 0 Å². The van der Waals surface area contributed by atoms with Gasteiger partial charge in [0, 0.05) is 1.37 Å². The molecule has 1 heteroatoms. The monoisotopic (exact) mass is 111 g/mol. The van der Waals surface area contributed by atoms with Crippen LogP contribution in [-0.4, -0.2) is 0 Å². The van der Waals surface area contributed by atoms with Crippen molar-refractivity contribution < 1.29 is 8.22 Å².